The summed E-state index contributed by atoms with van der Waals surface area (Å²) < 4.78 is 34.9. The van der Waals surface area contributed by atoms with Crippen molar-refractivity contribution in [1.82, 2.24) is 10.6 Å². The lowest BCUT2D eigenvalue weighted by molar-refractivity contribution is -0.144. The van der Waals surface area contributed by atoms with Crippen molar-refractivity contribution < 1.29 is 13.2 Å². The van der Waals surface area contributed by atoms with Gasteiger partial charge in [0.1, 0.15) is 6.04 Å². The normalized spacial score (nSPS) is 29.0. The number of alkyl halides is 3. The first-order chi connectivity index (χ1) is 4.11. The van der Waals surface area contributed by atoms with Gasteiger partial charge in [-0.1, -0.05) is 0 Å². The molecule has 1 aliphatic rings. The molecule has 1 radical (unpaired) electrons. The Hall–Kier alpha value is -0.290. The second kappa shape index (κ2) is 2.15. The molecule has 1 unspecified atom stereocenters. The van der Waals surface area contributed by atoms with E-state index in [1.165, 1.54) is 0 Å². The monoisotopic (exact) mass is 139 g/mol. The van der Waals surface area contributed by atoms with Gasteiger partial charge in [0.15, 0.2) is 0 Å². The summed E-state index contributed by atoms with van der Waals surface area (Å²) in [4.78, 5) is 0. The topological polar surface area (TPSA) is 24.1 Å². The van der Waals surface area contributed by atoms with Crippen molar-refractivity contribution in [3.8, 4) is 0 Å². The lowest BCUT2D eigenvalue weighted by atomic mass is 10.3. The van der Waals surface area contributed by atoms with Crippen LogP contribution in [0.3, 0.4) is 0 Å². The van der Waals surface area contributed by atoms with Crippen molar-refractivity contribution in [3.63, 3.8) is 0 Å². The summed E-state index contributed by atoms with van der Waals surface area (Å²) in [6, 6.07) is -1.47. The van der Waals surface area contributed by atoms with Gasteiger partial charge < -0.3 is 0 Å². The van der Waals surface area contributed by atoms with Crippen LogP contribution in [0, 0.1) is 6.54 Å². The summed E-state index contributed by atoms with van der Waals surface area (Å²) in [5.74, 6) is 0. The molecule has 1 atom stereocenters. The van der Waals surface area contributed by atoms with E-state index >= 15 is 0 Å². The number of nitrogens with one attached hydrogen (secondary N) is 2. The first-order valence-electron chi connectivity index (χ1n) is 2.47. The Morgan fingerprint density at radius 3 is 2.33 bits per heavy atom. The number of halogens is 3. The van der Waals surface area contributed by atoms with Crippen LogP contribution >= 0.6 is 0 Å². The van der Waals surface area contributed by atoms with Gasteiger partial charge in [0.2, 0.25) is 0 Å². The second-order valence-corrected chi connectivity index (χ2v) is 1.77. The average Bonchev–Trinajstić information content (AvgIpc) is 2.08. The van der Waals surface area contributed by atoms with Crippen molar-refractivity contribution >= 4 is 0 Å². The Kier molecular flexibility index (Phi) is 1.63. The molecule has 0 amide bonds. The minimum Gasteiger partial charge on any atom is -0.298 e. The van der Waals surface area contributed by atoms with E-state index in [1.54, 1.807) is 0 Å². The van der Waals surface area contributed by atoms with E-state index in [0.29, 0.717) is 0 Å². The van der Waals surface area contributed by atoms with E-state index in [0.717, 1.165) is 6.54 Å². The van der Waals surface area contributed by atoms with Gasteiger partial charge in [-0.3, -0.25) is 10.6 Å². The number of hydrogen-bond donors (Lipinski definition) is 2. The minimum absolute atomic E-state index is 0.199. The maximum Gasteiger partial charge on any atom is 0.405 e. The maximum absolute atomic E-state index is 11.6. The average molecular weight is 139 g/mol. The molecular weight excluding hydrogens is 133 g/mol. The first kappa shape index (κ1) is 6.82. The van der Waals surface area contributed by atoms with Crippen molar-refractivity contribution in [2.24, 2.45) is 0 Å². The molecule has 0 bridgehead atoms. The van der Waals surface area contributed by atoms with Gasteiger partial charge in [-0.05, 0) is 0 Å². The molecule has 0 aromatic carbocycles. The fraction of sp³-hybridized carbons (Fsp3) is 0.750. The second-order valence-electron chi connectivity index (χ2n) is 1.77. The zero-order valence-electron chi connectivity index (χ0n) is 4.50. The third-order valence-corrected chi connectivity index (χ3v) is 1.06. The third kappa shape index (κ3) is 1.56. The highest BCUT2D eigenvalue weighted by atomic mass is 19.4. The highest BCUT2D eigenvalue weighted by Gasteiger charge is 2.41. The summed E-state index contributed by atoms with van der Waals surface area (Å²) in [5.41, 5.74) is 0. The summed E-state index contributed by atoms with van der Waals surface area (Å²) >= 11 is 0. The van der Waals surface area contributed by atoms with Crippen LogP contribution in [0.4, 0.5) is 13.2 Å². The van der Waals surface area contributed by atoms with Crippen LogP contribution in [0.25, 0.3) is 0 Å². The van der Waals surface area contributed by atoms with Gasteiger partial charge >= 0.3 is 6.18 Å². The molecule has 9 heavy (non-hydrogen) atoms. The highest BCUT2D eigenvalue weighted by Crippen LogP contribution is 2.22. The van der Waals surface area contributed by atoms with Crippen LogP contribution in [0.5, 0.6) is 0 Å². The molecular formula is C4H6F3N2. The molecule has 0 spiro atoms. The van der Waals surface area contributed by atoms with Gasteiger partial charge in [0, 0.05) is 13.2 Å². The molecule has 1 heterocycles. The minimum atomic E-state index is -4.15. The molecule has 53 valence electrons. The van der Waals surface area contributed by atoms with Crippen molar-refractivity contribution in [3.05, 3.63) is 6.54 Å². The molecule has 1 aliphatic heterocycles. The summed E-state index contributed by atoms with van der Waals surface area (Å²) in [5, 5.41) is 4.63. The summed E-state index contributed by atoms with van der Waals surface area (Å²) in [6.07, 6.45) is -4.15. The predicted molar refractivity (Wildman–Crippen MR) is 25.3 cm³/mol. The molecule has 1 saturated heterocycles. The fourth-order valence-corrected chi connectivity index (χ4v) is 0.615. The molecule has 1 fully saturated rings. The zero-order chi connectivity index (χ0) is 6.91. The van der Waals surface area contributed by atoms with Gasteiger partial charge in [0.25, 0.3) is 0 Å². The molecule has 2 nitrogen and oxygen atoms in total. The van der Waals surface area contributed by atoms with Gasteiger partial charge in [-0.2, -0.15) is 13.2 Å². The third-order valence-electron chi connectivity index (χ3n) is 1.06. The number of hydrogen-bond acceptors (Lipinski definition) is 2. The summed E-state index contributed by atoms with van der Waals surface area (Å²) in [7, 11) is 0. The number of rotatable bonds is 0. The van der Waals surface area contributed by atoms with E-state index in [1.807, 2.05) is 0 Å². The standard InChI is InChI=1S/C4H6F3N2/c5-4(6,7)3-1-8-2-9-3/h1,3,8-9H,2H2. The summed E-state index contributed by atoms with van der Waals surface area (Å²) in [6.45, 7) is 1.20. The maximum atomic E-state index is 11.6. The molecule has 0 aromatic rings. The molecule has 0 aliphatic carbocycles. The quantitative estimate of drug-likeness (QED) is 0.502. The Bertz CT molecular complexity index is 94.5. The highest BCUT2D eigenvalue weighted by molar-refractivity contribution is 4.91. The zero-order valence-corrected chi connectivity index (χ0v) is 4.50. The van der Waals surface area contributed by atoms with E-state index in [4.69, 9.17) is 0 Å². The van der Waals surface area contributed by atoms with E-state index in [9.17, 15) is 13.2 Å². The van der Waals surface area contributed by atoms with Crippen molar-refractivity contribution in [1.29, 1.82) is 0 Å². The largest absolute Gasteiger partial charge is 0.405 e. The van der Waals surface area contributed by atoms with Gasteiger partial charge in [0.05, 0.1) is 0 Å². The molecule has 0 saturated carbocycles. The van der Waals surface area contributed by atoms with Crippen LogP contribution in [0.1, 0.15) is 0 Å². The van der Waals surface area contributed by atoms with Gasteiger partial charge in [-0.15, -0.1) is 0 Å². The Balaban J connectivity index is 2.42. The van der Waals surface area contributed by atoms with Gasteiger partial charge in [-0.25, -0.2) is 0 Å². The van der Waals surface area contributed by atoms with Crippen LogP contribution in [0.15, 0.2) is 0 Å². The molecule has 0 aromatic heterocycles. The van der Waals surface area contributed by atoms with Crippen LogP contribution in [-0.4, -0.2) is 18.9 Å². The smallest absolute Gasteiger partial charge is 0.298 e. The lowest BCUT2D eigenvalue weighted by Gasteiger charge is -2.11. The first-order valence-corrected chi connectivity index (χ1v) is 2.47. The van der Waals surface area contributed by atoms with Crippen LogP contribution in [-0.2, 0) is 0 Å². The Morgan fingerprint density at radius 2 is 2.11 bits per heavy atom. The molecule has 5 heteroatoms. The van der Waals surface area contributed by atoms with E-state index in [-0.39, 0.29) is 6.67 Å². The van der Waals surface area contributed by atoms with Crippen molar-refractivity contribution in [2.45, 2.75) is 12.2 Å². The Morgan fingerprint density at radius 1 is 1.44 bits per heavy atom. The van der Waals surface area contributed by atoms with Crippen LogP contribution < -0.4 is 10.6 Å². The van der Waals surface area contributed by atoms with Crippen molar-refractivity contribution in [2.75, 3.05) is 6.67 Å². The fourth-order valence-electron chi connectivity index (χ4n) is 0.615. The van der Waals surface area contributed by atoms with E-state index in [2.05, 4.69) is 10.6 Å². The van der Waals surface area contributed by atoms with Crippen LogP contribution in [0.2, 0.25) is 0 Å². The lowest BCUT2D eigenvalue weighted by Crippen LogP contribution is -2.37. The SMILES string of the molecule is FC(F)(F)C1[CH]NCN1. The Labute approximate surface area is 50.4 Å². The van der Waals surface area contributed by atoms with E-state index < -0.39 is 12.2 Å². The predicted octanol–water partition coefficient (Wildman–Crippen LogP) is 0.229. The molecule has 2 N–H and O–H groups in total. The molecule has 1 rings (SSSR count).